The molecule has 1 N–H and O–H groups in total. The topological polar surface area (TPSA) is 147 Å². The van der Waals surface area contributed by atoms with E-state index in [-0.39, 0.29) is 19.1 Å². The SMILES string of the molecule is CC(C)C[C@@H](C(=O)O[C@H](C)C(=O)OCc1ccccc1)N(C)C(=O)OC(C)(C)C.CN[C@@H](CC(C)C)C(=O)O[C@H](C)C(=O)OCc1ccccc1. The van der Waals surface area contributed by atoms with E-state index in [1.807, 2.05) is 88.4 Å². The zero-order valence-electron chi connectivity index (χ0n) is 32.1. The standard InChI is InChI=1S/C22H33NO6.C17H25NO4/c1-15(2)13-18(23(7)21(26)29-22(4,5)6)20(25)28-16(3)19(24)27-14-17-11-9-8-10-12-17;1-12(2)10-15(18-4)17(20)22-13(3)16(19)21-11-14-8-6-5-7-9-14/h8-12,15-16,18H,13-14H2,1-7H3;5-9,12-13,15,18H,10-11H2,1-4H3/t16-,18+;13-,15+/m11/s1. The van der Waals surface area contributed by atoms with Gasteiger partial charge in [0.15, 0.2) is 12.2 Å². The van der Waals surface area contributed by atoms with E-state index in [4.69, 9.17) is 23.7 Å². The minimum absolute atomic E-state index is 0.0921. The van der Waals surface area contributed by atoms with E-state index in [1.165, 1.54) is 25.8 Å². The number of hydrogen-bond acceptors (Lipinski definition) is 11. The van der Waals surface area contributed by atoms with Crippen LogP contribution >= 0.6 is 0 Å². The van der Waals surface area contributed by atoms with Gasteiger partial charge in [-0.2, -0.15) is 0 Å². The molecule has 0 bridgehead atoms. The number of nitrogens with zero attached hydrogens (tertiary/aromatic N) is 1. The molecule has 0 saturated carbocycles. The summed E-state index contributed by atoms with van der Waals surface area (Å²) in [5.74, 6) is -1.82. The second kappa shape index (κ2) is 22.4. The van der Waals surface area contributed by atoms with Crippen molar-refractivity contribution in [1.82, 2.24) is 10.2 Å². The molecule has 2 aromatic carbocycles. The van der Waals surface area contributed by atoms with Crippen molar-refractivity contribution in [2.24, 2.45) is 11.8 Å². The maximum Gasteiger partial charge on any atom is 0.410 e. The lowest BCUT2D eigenvalue weighted by Crippen LogP contribution is -2.47. The molecular weight excluding hydrogens is 656 g/mol. The summed E-state index contributed by atoms with van der Waals surface area (Å²) in [5.41, 5.74) is 1.04. The first-order valence-corrected chi connectivity index (χ1v) is 17.3. The molecule has 2 rings (SSSR count). The quantitative estimate of drug-likeness (QED) is 0.156. The number of ether oxygens (including phenoxy) is 5. The summed E-state index contributed by atoms with van der Waals surface area (Å²) in [5, 5.41) is 2.91. The van der Waals surface area contributed by atoms with Crippen LogP contribution in [0.5, 0.6) is 0 Å². The van der Waals surface area contributed by atoms with Crippen LogP contribution in [-0.4, -0.2) is 78.9 Å². The van der Waals surface area contributed by atoms with Gasteiger partial charge in [-0.15, -0.1) is 0 Å². The van der Waals surface area contributed by atoms with Gasteiger partial charge in [0.05, 0.1) is 0 Å². The first-order valence-electron chi connectivity index (χ1n) is 17.3. The molecular formula is C39H58N2O10. The predicted octanol–water partition coefficient (Wildman–Crippen LogP) is 6.24. The van der Waals surface area contributed by atoms with Gasteiger partial charge in [0.1, 0.15) is 30.9 Å². The molecule has 51 heavy (non-hydrogen) atoms. The van der Waals surface area contributed by atoms with E-state index < -0.39 is 59.9 Å². The number of nitrogens with one attached hydrogen (secondary N) is 1. The van der Waals surface area contributed by atoms with E-state index in [1.54, 1.807) is 27.8 Å². The molecule has 0 radical (unpaired) electrons. The fourth-order valence-electron chi connectivity index (χ4n) is 4.42. The third kappa shape index (κ3) is 18.4. The first kappa shape index (κ1) is 44.6. The van der Waals surface area contributed by atoms with Crippen LogP contribution in [0, 0.1) is 11.8 Å². The number of esters is 4. The fourth-order valence-corrected chi connectivity index (χ4v) is 4.42. The van der Waals surface area contributed by atoms with Crippen molar-refractivity contribution < 1.29 is 47.7 Å². The van der Waals surface area contributed by atoms with Crippen molar-refractivity contribution in [2.45, 2.75) is 118 Å². The molecule has 0 saturated heterocycles. The van der Waals surface area contributed by atoms with Crippen molar-refractivity contribution in [3.05, 3.63) is 71.8 Å². The van der Waals surface area contributed by atoms with Crippen molar-refractivity contribution in [3.63, 3.8) is 0 Å². The average Bonchev–Trinajstić information content (AvgIpc) is 3.07. The third-order valence-electron chi connectivity index (χ3n) is 7.15. The minimum atomic E-state index is -1.09. The van der Waals surface area contributed by atoms with Crippen LogP contribution in [0.3, 0.4) is 0 Å². The van der Waals surface area contributed by atoms with Crippen LogP contribution in [0.1, 0.15) is 86.3 Å². The van der Waals surface area contributed by atoms with Crippen LogP contribution in [0.2, 0.25) is 0 Å². The molecule has 284 valence electrons. The van der Waals surface area contributed by atoms with E-state index in [9.17, 15) is 24.0 Å². The molecule has 0 aliphatic carbocycles. The highest BCUT2D eigenvalue weighted by molar-refractivity contribution is 5.84. The molecule has 4 atom stereocenters. The zero-order valence-corrected chi connectivity index (χ0v) is 32.1. The van der Waals surface area contributed by atoms with Gasteiger partial charge in [-0.05, 0) is 77.5 Å². The Balaban J connectivity index is 0.000000530. The number of amides is 1. The first-order chi connectivity index (χ1) is 23.8. The highest BCUT2D eigenvalue weighted by Crippen LogP contribution is 2.18. The fraction of sp³-hybridized carbons (Fsp3) is 0.564. The normalized spacial score (nSPS) is 13.4. The van der Waals surface area contributed by atoms with Crippen molar-refractivity contribution in [1.29, 1.82) is 0 Å². The molecule has 0 aliphatic rings. The van der Waals surface area contributed by atoms with Crippen LogP contribution in [-0.2, 0) is 56.1 Å². The molecule has 0 aromatic heterocycles. The van der Waals surface area contributed by atoms with Crippen LogP contribution < -0.4 is 5.32 Å². The van der Waals surface area contributed by atoms with Gasteiger partial charge in [-0.3, -0.25) is 9.69 Å². The zero-order chi connectivity index (χ0) is 38.7. The molecule has 1 amide bonds. The molecule has 0 aliphatic heterocycles. The predicted molar refractivity (Wildman–Crippen MR) is 193 cm³/mol. The Bertz CT molecular complexity index is 1360. The lowest BCUT2D eigenvalue weighted by molar-refractivity contribution is -0.170. The van der Waals surface area contributed by atoms with Crippen LogP contribution in [0.15, 0.2) is 60.7 Å². The van der Waals surface area contributed by atoms with Gasteiger partial charge in [-0.25, -0.2) is 19.2 Å². The van der Waals surface area contributed by atoms with Crippen LogP contribution in [0.25, 0.3) is 0 Å². The second-order valence-electron chi connectivity index (χ2n) is 14.1. The number of hydrogen-bond donors (Lipinski definition) is 1. The Labute approximate surface area is 303 Å². The number of carbonyl (C=O) groups excluding carboxylic acids is 5. The molecule has 0 spiro atoms. The Morgan fingerprint density at radius 2 is 1.06 bits per heavy atom. The van der Waals surface area contributed by atoms with Gasteiger partial charge >= 0.3 is 30.0 Å². The second-order valence-corrected chi connectivity index (χ2v) is 14.1. The molecule has 12 heteroatoms. The summed E-state index contributed by atoms with van der Waals surface area (Å²) in [6.45, 7) is 16.4. The van der Waals surface area contributed by atoms with E-state index >= 15 is 0 Å². The maximum absolute atomic E-state index is 12.7. The minimum Gasteiger partial charge on any atom is -0.458 e. The summed E-state index contributed by atoms with van der Waals surface area (Å²) < 4.78 is 26.2. The summed E-state index contributed by atoms with van der Waals surface area (Å²) in [7, 11) is 3.19. The van der Waals surface area contributed by atoms with Crippen molar-refractivity contribution in [3.8, 4) is 0 Å². The smallest absolute Gasteiger partial charge is 0.410 e. The third-order valence-corrected chi connectivity index (χ3v) is 7.15. The van der Waals surface area contributed by atoms with Crippen molar-refractivity contribution >= 4 is 30.0 Å². The van der Waals surface area contributed by atoms with Gasteiger partial charge in [0.2, 0.25) is 0 Å². The monoisotopic (exact) mass is 714 g/mol. The molecule has 0 unspecified atom stereocenters. The number of carbonyl (C=O) groups is 5. The lowest BCUT2D eigenvalue weighted by Gasteiger charge is -2.30. The Morgan fingerprint density at radius 1 is 0.647 bits per heavy atom. The molecule has 12 nitrogen and oxygen atoms in total. The molecule has 0 heterocycles. The average molecular weight is 715 g/mol. The van der Waals surface area contributed by atoms with Gasteiger partial charge in [0.25, 0.3) is 0 Å². The van der Waals surface area contributed by atoms with E-state index in [0.717, 1.165) is 11.1 Å². The lowest BCUT2D eigenvalue weighted by atomic mass is 10.0. The van der Waals surface area contributed by atoms with E-state index in [0.29, 0.717) is 18.8 Å². The summed E-state index contributed by atoms with van der Waals surface area (Å²) in [6.07, 6.45) is -1.60. The van der Waals surface area contributed by atoms with E-state index in [2.05, 4.69) is 5.32 Å². The maximum atomic E-state index is 12.7. The Hall–Kier alpha value is -4.45. The largest absolute Gasteiger partial charge is 0.458 e. The number of rotatable bonds is 16. The summed E-state index contributed by atoms with van der Waals surface area (Å²) >= 11 is 0. The Kier molecular flexibility index (Phi) is 19.6. The summed E-state index contributed by atoms with van der Waals surface area (Å²) in [6, 6.07) is 17.3. The summed E-state index contributed by atoms with van der Waals surface area (Å²) in [4.78, 5) is 62.3. The van der Waals surface area contributed by atoms with Crippen LogP contribution in [0.4, 0.5) is 4.79 Å². The number of benzene rings is 2. The molecule has 0 fully saturated rings. The van der Waals surface area contributed by atoms with Gasteiger partial charge in [-0.1, -0.05) is 88.4 Å². The molecule has 2 aromatic rings. The highest BCUT2D eigenvalue weighted by atomic mass is 16.6. The van der Waals surface area contributed by atoms with Gasteiger partial charge < -0.3 is 29.0 Å². The van der Waals surface area contributed by atoms with Gasteiger partial charge in [0, 0.05) is 7.05 Å². The van der Waals surface area contributed by atoms with Crippen molar-refractivity contribution in [2.75, 3.05) is 14.1 Å². The number of likely N-dealkylation sites (N-methyl/N-ethyl adjacent to an activating group) is 2. The highest BCUT2D eigenvalue weighted by Gasteiger charge is 2.34. The Morgan fingerprint density at radius 3 is 1.43 bits per heavy atom.